The van der Waals surface area contributed by atoms with Crippen LogP contribution in [0.3, 0.4) is 0 Å². The van der Waals surface area contributed by atoms with Crippen LogP contribution in [0.15, 0.2) is 41.0 Å². The average Bonchev–Trinajstić information content (AvgIpc) is 2.95. The van der Waals surface area contributed by atoms with Gasteiger partial charge >= 0.3 is 0 Å². The number of nitrogens with zero attached hydrogens (tertiary/aromatic N) is 3. The van der Waals surface area contributed by atoms with Crippen LogP contribution in [0.2, 0.25) is 0 Å². The Balaban J connectivity index is 1.67. The molecule has 6 heteroatoms. The van der Waals surface area contributed by atoms with E-state index in [0.29, 0.717) is 6.04 Å². The zero-order chi connectivity index (χ0) is 17.1. The topological polar surface area (TPSA) is 51.5 Å². The van der Waals surface area contributed by atoms with Gasteiger partial charge in [-0.2, -0.15) is 9.61 Å². The number of aromatic nitrogens is 3. The lowest BCUT2D eigenvalue weighted by Gasteiger charge is -2.16. The summed E-state index contributed by atoms with van der Waals surface area (Å²) in [6, 6.07) is 10.6. The molecule has 0 bridgehead atoms. The van der Waals surface area contributed by atoms with Gasteiger partial charge in [0.25, 0.3) is 0 Å². The van der Waals surface area contributed by atoms with E-state index >= 15 is 0 Å². The second-order valence-corrected chi connectivity index (χ2v) is 6.80. The van der Waals surface area contributed by atoms with E-state index in [0.717, 1.165) is 40.2 Å². The number of rotatable bonds is 6. The molecule has 2 aromatic heterocycles. The monoisotopic (exact) mass is 388 g/mol. The Morgan fingerprint density at radius 2 is 2.04 bits per heavy atom. The molecule has 0 saturated heterocycles. The SMILES string of the molecule is COc1ccc(CCC(C)Nc2cc(C)nc3c(Br)cnn23)cc1. The minimum absolute atomic E-state index is 0.320. The number of ether oxygens (including phenoxy) is 1. The summed E-state index contributed by atoms with van der Waals surface area (Å²) in [5.41, 5.74) is 3.11. The maximum Gasteiger partial charge on any atom is 0.171 e. The molecule has 3 rings (SSSR count). The summed E-state index contributed by atoms with van der Waals surface area (Å²) in [6.45, 7) is 4.18. The van der Waals surface area contributed by atoms with E-state index in [9.17, 15) is 0 Å². The number of methoxy groups -OCH3 is 1. The third-order valence-electron chi connectivity index (χ3n) is 3.98. The first-order valence-corrected chi connectivity index (χ1v) is 8.76. The third kappa shape index (κ3) is 3.70. The molecule has 0 amide bonds. The van der Waals surface area contributed by atoms with Crippen molar-refractivity contribution in [3.63, 3.8) is 0 Å². The first kappa shape index (κ1) is 16.8. The van der Waals surface area contributed by atoms with Gasteiger partial charge in [-0.15, -0.1) is 0 Å². The van der Waals surface area contributed by atoms with Crippen LogP contribution in [-0.4, -0.2) is 27.7 Å². The highest BCUT2D eigenvalue weighted by Gasteiger charge is 2.11. The second kappa shape index (κ2) is 7.21. The van der Waals surface area contributed by atoms with Gasteiger partial charge in [0.1, 0.15) is 11.6 Å². The van der Waals surface area contributed by atoms with Crippen LogP contribution in [0.4, 0.5) is 5.82 Å². The molecule has 1 N–H and O–H groups in total. The molecule has 0 saturated carbocycles. The second-order valence-electron chi connectivity index (χ2n) is 5.94. The summed E-state index contributed by atoms with van der Waals surface area (Å²) >= 11 is 3.49. The fourth-order valence-corrected chi connectivity index (χ4v) is 3.01. The average molecular weight is 389 g/mol. The molecular weight excluding hydrogens is 368 g/mol. The van der Waals surface area contributed by atoms with Gasteiger partial charge in [0.05, 0.1) is 17.8 Å². The van der Waals surface area contributed by atoms with Crippen LogP contribution in [0.1, 0.15) is 24.6 Å². The molecule has 0 aliphatic carbocycles. The van der Waals surface area contributed by atoms with Crippen molar-refractivity contribution in [1.29, 1.82) is 0 Å². The van der Waals surface area contributed by atoms with Crippen LogP contribution < -0.4 is 10.1 Å². The highest BCUT2D eigenvalue weighted by molar-refractivity contribution is 9.10. The van der Waals surface area contributed by atoms with Crippen LogP contribution in [0.25, 0.3) is 5.65 Å². The molecule has 5 nitrogen and oxygen atoms in total. The molecular formula is C18H21BrN4O. The van der Waals surface area contributed by atoms with Crippen molar-refractivity contribution < 1.29 is 4.74 Å². The van der Waals surface area contributed by atoms with Crippen LogP contribution in [0.5, 0.6) is 5.75 Å². The first-order valence-electron chi connectivity index (χ1n) is 7.97. The van der Waals surface area contributed by atoms with Gasteiger partial charge in [0.15, 0.2) is 5.65 Å². The fraction of sp³-hybridized carbons (Fsp3) is 0.333. The van der Waals surface area contributed by atoms with Gasteiger partial charge in [-0.3, -0.25) is 0 Å². The van der Waals surface area contributed by atoms with Crippen molar-refractivity contribution in [2.24, 2.45) is 0 Å². The van der Waals surface area contributed by atoms with E-state index in [1.54, 1.807) is 13.3 Å². The van der Waals surface area contributed by atoms with Crippen LogP contribution in [-0.2, 0) is 6.42 Å². The Bertz CT molecular complexity index is 829. The summed E-state index contributed by atoms with van der Waals surface area (Å²) in [7, 11) is 1.69. The van der Waals surface area contributed by atoms with E-state index in [1.165, 1.54) is 5.56 Å². The maximum atomic E-state index is 5.20. The van der Waals surface area contributed by atoms with Gasteiger partial charge in [0, 0.05) is 17.8 Å². The minimum atomic E-state index is 0.320. The molecule has 3 aromatic rings. The molecule has 0 aliphatic rings. The molecule has 0 aliphatic heterocycles. The quantitative estimate of drug-likeness (QED) is 0.685. The summed E-state index contributed by atoms with van der Waals surface area (Å²) < 4.78 is 7.93. The molecule has 1 atom stereocenters. The summed E-state index contributed by atoms with van der Waals surface area (Å²) in [5, 5.41) is 7.93. The zero-order valence-electron chi connectivity index (χ0n) is 14.1. The molecule has 24 heavy (non-hydrogen) atoms. The molecule has 1 aromatic carbocycles. The highest BCUT2D eigenvalue weighted by Crippen LogP contribution is 2.21. The maximum absolute atomic E-state index is 5.20. The number of aryl methyl sites for hydroxylation is 2. The van der Waals surface area contributed by atoms with Crippen LogP contribution >= 0.6 is 15.9 Å². The van der Waals surface area contributed by atoms with Gasteiger partial charge < -0.3 is 10.1 Å². The van der Waals surface area contributed by atoms with Gasteiger partial charge in [0.2, 0.25) is 0 Å². The van der Waals surface area contributed by atoms with Gasteiger partial charge in [-0.05, 0) is 60.3 Å². The molecule has 1 unspecified atom stereocenters. The largest absolute Gasteiger partial charge is 0.497 e. The Hall–Kier alpha value is -2.08. The predicted octanol–water partition coefficient (Wildman–Crippen LogP) is 4.24. The first-order chi connectivity index (χ1) is 11.6. The summed E-state index contributed by atoms with van der Waals surface area (Å²) in [5.74, 6) is 1.86. The van der Waals surface area contributed by atoms with Crippen molar-refractivity contribution in [2.45, 2.75) is 32.7 Å². The number of anilines is 1. The molecule has 0 spiro atoms. The molecule has 0 fully saturated rings. The number of nitrogens with one attached hydrogen (secondary N) is 1. The molecule has 0 radical (unpaired) electrons. The number of fused-ring (bicyclic) bond motifs is 1. The van der Waals surface area contributed by atoms with Crippen molar-refractivity contribution in [3.05, 3.63) is 52.3 Å². The van der Waals surface area contributed by atoms with Crippen LogP contribution in [0, 0.1) is 6.92 Å². The standard InChI is InChI=1S/C18H21BrN4O/c1-12(4-5-14-6-8-15(24-3)9-7-14)21-17-10-13(2)22-18-16(19)11-20-23(17)18/h6-12,21H,4-5H2,1-3H3. The molecule has 126 valence electrons. The normalized spacial score (nSPS) is 12.3. The van der Waals surface area contributed by atoms with Gasteiger partial charge in [-0.1, -0.05) is 12.1 Å². The van der Waals surface area contributed by atoms with E-state index in [-0.39, 0.29) is 0 Å². The fourth-order valence-electron chi connectivity index (χ4n) is 2.66. The lowest BCUT2D eigenvalue weighted by atomic mass is 10.1. The lowest BCUT2D eigenvalue weighted by molar-refractivity contribution is 0.414. The Labute approximate surface area is 150 Å². The number of benzene rings is 1. The van der Waals surface area contributed by atoms with E-state index < -0.39 is 0 Å². The Morgan fingerprint density at radius 3 is 2.75 bits per heavy atom. The Kier molecular flexibility index (Phi) is 5.04. The highest BCUT2D eigenvalue weighted by atomic mass is 79.9. The number of hydrogen-bond donors (Lipinski definition) is 1. The third-order valence-corrected chi connectivity index (χ3v) is 4.54. The number of halogens is 1. The van der Waals surface area contributed by atoms with Crippen molar-refractivity contribution >= 4 is 27.4 Å². The van der Waals surface area contributed by atoms with E-state index in [1.807, 2.05) is 29.6 Å². The van der Waals surface area contributed by atoms with E-state index in [2.05, 4.69) is 50.4 Å². The zero-order valence-corrected chi connectivity index (χ0v) is 15.7. The van der Waals surface area contributed by atoms with E-state index in [4.69, 9.17) is 4.74 Å². The van der Waals surface area contributed by atoms with Crippen molar-refractivity contribution in [3.8, 4) is 5.75 Å². The minimum Gasteiger partial charge on any atom is -0.497 e. The summed E-state index contributed by atoms with van der Waals surface area (Å²) in [6.07, 6.45) is 3.81. The number of hydrogen-bond acceptors (Lipinski definition) is 4. The van der Waals surface area contributed by atoms with Crippen molar-refractivity contribution in [2.75, 3.05) is 12.4 Å². The Morgan fingerprint density at radius 1 is 1.29 bits per heavy atom. The predicted molar refractivity (Wildman–Crippen MR) is 99.8 cm³/mol. The smallest absolute Gasteiger partial charge is 0.171 e. The lowest BCUT2D eigenvalue weighted by Crippen LogP contribution is -2.18. The molecule has 2 heterocycles. The van der Waals surface area contributed by atoms with Crippen molar-refractivity contribution in [1.82, 2.24) is 14.6 Å². The summed E-state index contributed by atoms with van der Waals surface area (Å²) in [4.78, 5) is 4.51. The van der Waals surface area contributed by atoms with Gasteiger partial charge in [-0.25, -0.2) is 4.98 Å².